The van der Waals surface area contributed by atoms with E-state index in [1.165, 1.54) is 6.42 Å². The Bertz CT molecular complexity index is 182. The fourth-order valence-corrected chi connectivity index (χ4v) is 2.04. The van der Waals surface area contributed by atoms with Gasteiger partial charge in [-0.25, -0.2) is 0 Å². The smallest absolute Gasteiger partial charge is 0.0613 e. The summed E-state index contributed by atoms with van der Waals surface area (Å²) in [5.74, 6) is 0.711. The highest BCUT2D eigenvalue weighted by Crippen LogP contribution is 2.22. The molecule has 3 heteroatoms. The summed E-state index contributed by atoms with van der Waals surface area (Å²) in [6.45, 7) is 9.67. The Labute approximate surface area is 94.0 Å². The molecular weight excluding hydrogens is 188 g/mol. The Hall–Kier alpha value is -0.120. The minimum Gasteiger partial charge on any atom is -0.378 e. The fraction of sp³-hybridized carbons (Fsp3) is 1.00. The molecule has 2 N–H and O–H groups in total. The van der Waals surface area contributed by atoms with Gasteiger partial charge in [0.25, 0.3) is 0 Å². The van der Waals surface area contributed by atoms with Crippen molar-refractivity contribution in [2.24, 2.45) is 5.92 Å². The Morgan fingerprint density at radius 3 is 2.73 bits per heavy atom. The van der Waals surface area contributed by atoms with Crippen molar-refractivity contribution in [3.05, 3.63) is 0 Å². The van der Waals surface area contributed by atoms with E-state index in [-0.39, 0.29) is 5.54 Å². The molecule has 0 spiro atoms. The zero-order valence-electron chi connectivity index (χ0n) is 10.6. The van der Waals surface area contributed by atoms with Crippen LogP contribution in [0.1, 0.15) is 33.6 Å². The molecule has 0 radical (unpaired) electrons. The lowest BCUT2D eigenvalue weighted by atomic mass is 9.99. The number of likely N-dealkylation sites (N-methyl/N-ethyl adjacent to an activating group) is 1. The molecule has 0 aliphatic carbocycles. The second-order valence-electron chi connectivity index (χ2n) is 5.13. The fourth-order valence-electron chi connectivity index (χ4n) is 2.04. The number of hydrogen-bond donors (Lipinski definition) is 2. The van der Waals surface area contributed by atoms with Crippen LogP contribution in [0.25, 0.3) is 0 Å². The van der Waals surface area contributed by atoms with Crippen molar-refractivity contribution in [1.82, 2.24) is 10.6 Å². The molecule has 1 saturated heterocycles. The molecule has 0 aromatic rings. The average Bonchev–Trinajstić information content (AvgIpc) is 2.65. The second-order valence-corrected chi connectivity index (χ2v) is 5.13. The van der Waals surface area contributed by atoms with Crippen LogP contribution in [0.2, 0.25) is 0 Å². The molecule has 0 amide bonds. The minimum atomic E-state index is 0.182. The van der Waals surface area contributed by atoms with Crippen LogP contribution >= 0.6 is 0 Å². The van der Waals surface area contributed by atoms with Gasteiger partial charge in [0.05, 0.1) is 6.10 Å². The zero-order chi connectivity index (χ0) is 11.3. The van der Waals surface area contributed by atoms with Crippen molar-refractivity contribution in [3.63, 3.8) is 0 Å². The van der Waals surface area contributed by atoms with Gasteiger partial charge < -0.3 is 15.4 Å². The van der Waals surface area contributed by atoms with E-state index in [0.717, 1.165) is 26.1 Å². The molecule has 0 saturated carbocycles. The number of nitrogens with one attached hydrogen (secondary N) is 2. The maximum Gasteiger partial charge on any atom is 0.0613 e. The van der Waals surface area contributed by atoms with Gasteiger partial charge in [0.15, 0.2) is 0 Å². The summed E-state index contributed by atoms with van der Waals surface area (Å²) in [6.07, 6.45) is 2.84. The third-order valence-corrected chi connectivity index (χ3v) is 3.40. The summed E-state index contributed by atoms with van der Waals surface area (Å²) in [6, 6.07) is 0. The van der Waals surface area contributed by atoms with Crippen LogP contribution in [0.3, 0.4) is 0 Å². The summed E-state index contributed by atoms with van der Waals surface area (Å²) in [4.78, 5) is 0. The number of rotatable bonds is 6. The molecule has 1 aliphatic rings. The summed E-state index contributed by atoms with van der Waals surface area (Å²) in [5, 5.41) is 6.84. The van der Waals surface area contributed by atoms with Crippen LogP contribution in [0, 0.1) is 5.92 Å². The van der Waals surface area contributed by atoms with E-state index in [0.29, 0.717) is 12.0 Å². The van der Waals surface area contributed by atoms with E-state index >= 15 is 0 Å². The monoisotopic (exact) mass is 214 g/mol. The van der Waals surface area contributed by atoms with Gasteiger partial charge in [-0.05, 0) is 39.7 Å². The van der Waals surface area contributed by atoms with Gasteiger partial charge in [0, 0.05) is 25.2 Å². The van der Waals surface area contributed by atoms with Crippen LogP contribution < -0.4 is 10.6 Å². The maximum absolute atomic E-state index is 5.67. The Balaban J connectivity index is 2.19. The van der Waals surface area contributed by atoms with Gasteiger partial charge >= 0.3 is 0 Å². The molecule has 1 rings (SSSR count). The van der Waals surface area contributed by atoms with Gasteiger partial charge in [-0.15, -0.1) is 0 Å². The van der Waals surface area contributed by atoms with Crippen molar-refractivity contribution >= 4 is 0 Å². The molecule has 2 atom stereocenters. The topological polar surface area (TPSA) is 33.3 Å². The number of ether oxygens (including phenoxy) is 1. The summed E-state index contributed by atoms with van der Waals surface area (Å²) >= 11 is 0. The highest BCUT2D eigenvalue weighted by molar-refractivity contribution is 4.81. The van der Waals surface area contributed by atoms with Crippen LogP contribution in [-0.2, 0) is 4.74 Å². The quantitative estimate of drug-likeness (QED) is 0.701. The third-order valence-electron chi connectivity index (χ3n) is 3.40. The lowest BCUT2D eigenvalue weighted by Gasteiger charge is -2.26. The van der Waals surface area contributed by atoms with Crippen molar-refractivity contribution in [1.29, 1.82) is 0 Å². The largest absolute Gasteiger partial charge is 0.378 e. The zero-order valence-corrected chi connectivity index (χ0v) is 10.6. The second kappa shape index (κ2) is 5.83. The van der Waals surface area contributed by atoms with E-state index in [9.17, 15) is 0 Å². The summed E-state index contributed by atoms with van der Waals surface area (Å²) < 4.78 is 5.67. The first-order valence-corrected chi connectivity index (χ1v) is 6.10. The van der Waals surface area contributed by atoms with E-state index in [4.69, 9.17) is 4.74 Å². The van der Waals surface area contributed by atoms with E-state index in [2.05, 4.69) is 31.4 Å². The molecule has 15 heavy (non-hydrogen) atoms. The standard InChI is InChI=1S/C12H26N2O/c1-5-11-10(6-7-15-11)8-14-9-12(2,3)13-4/h10-11,13-14H,5-9H2,1-4H3. The van der Waals surface area contributed by atoms with Gasteiger partial charge in [0.1, 0.15) is 0 Å². The SMILES string of the molecule is CCC1OCCC1CNCC(C)(C)NC. The highest BCUT2D eigenvalue weighted by Gasteiger charge is 2.26. The molecule has 2 unspecified atom stereocenters. The summed E-state index contributed by atoms with van der Waals surface area (Å²) in [5.41, 5.74) is 0.182. The van der Waals surface area contributed by atoms with E-state index in [1.54, 1.807) is 0 Å². The van der Waals surface area contributed by atoms with Crippen molar-refractivity contribution in [3.8, 4) is 0 Å². The number of hydrogen-bond acceptors (Lipinski definition) is 3. The van der Waals surface area contributed by atoms with Crippen LogP contribution in [0.4, 0.5) is 0 Å². The minimum absolute atomic E-state index is 0.182. The Morgan fingerprint density at radius 2 is 2.13 bits per heavy atom. The average molecular weight is 214 g/mol. The third kappa shape index (κ3) is 4.09. The van der Waals surface area contributed by atoms with E-state index < -0.39 is 0 Å². The molecule has 1 heterocycles. The molecular formula is C12H26N2O. The molecule has 3 nitrogen and oxygen atoms in total. The molecule has 90 valence electrons. The normalized spacial score (nSPS) is 27.2. The van der Waals surface area contributed by atoms with E-state index in [1.807, 2.05) is 7.05 Å². The predicted octanol–water partition coefficient (Wildman–Crippen LogP) is 1.39. The lowest BCUT2D eigenvalue weighted by Crippen LogP contribution is -2.47. The molecule has 0 bridgehead atoms. The van der Waals surface area contributed by atoms with Gasteiger partial charge in [0.2, 0.25) is 0 Å². The van der Waals surface area contributed by atoms with Crippen molar-refractivity contribution in [2.75, 3.05) is 26.7 Å². The van der Waals surface area contributed by atoms with Crippen LogP contribution in [0.15, 0.2) is 0 Å². The molecule has 0 aromatic heterocycles. The Morgan fingerprint density at radius 1 is 1.40 bits per heavy atom. The Kier molecular flexibility index (Phi) is 5.03. The molecule has 0 aromatic carbocycles. The van der Waals surface area contributed by atoms with Gasteiger partial charge in [-0.1, -0.05) is 6.92 Å². The molecule has 1 fully saturated rings. The summed E-state index contributed by atoms with van der Waals surface area (Å²) in [7, 11) is 2.01. The van der Waals surface area contributed by atoms with Crippen LogP contribution in [0.5, 0.6) is 0 Å². The first-order valence-electron chi connectivity index (χ1n) is 6.10. The first-order chi connectivity index (χ1) is 7.09. The van der Waals surface area contributed by atoms with Gasteiger partial charge in [-0.3, -0.25) is 0 Å². The first kappa shape index (κ1) is 12.9. The van der Waals surface area contributed by atoms with Crippen LogP contribution in [-0.4, -0.2) is 38.4 Å². The molecule has 1 aliphatic heterocycles. The van der Waals surface area contributed by atoms with Crippen molar-refractivity contribution in [2.45, 2.75) is 45.3 Å². The van der Waals surface area contributed by atoms with Crippen molar-refractivity contribution < 1.29 is 4.74 Å². The van der Waals surface area contributed by atoms with Gasteiger partial charge in [-0.2, -0.15) is 0 Å². The predicted molar refractivity (Wildman–Crippen MR) is 64.1 cm³/mol. The lowest BCUT2D eigenvalue weighted by molar-refractivity contribution is 0.0869. The highest BCUT2D eigenvalue weighted by atomic mass is 16.5. The maximum atomic E-state index is 5.67.